The number of hydrogen-bond donors (Lipinski definition) is 1. The second-order valence-electron chi connectivity index (χ2n) is 5.56. The molecule has 2 aromatic rings. The maximum atomic E-state index is 11.9. The second-order valence-corrected chi connectivity index (χ2v) is 7.51. The van der Waals surface area contributed by atoms with Crippen LogP contribution in [0, 0.1) is 6.92 Å². The average molecular weight is 382 g/mol. The van der Waals surface area contributed by atoms with Crippen molar-refractivity contribution in [1.29, 1.82) is 0 Å². The molecule has 2 rings (SSSR count). The Morgan fingerprint density at radius 1 is 1.12 bits per heavy atom. The zero-order chi connectivity index (χ0) is 17.4. The summed E-state index contributed by atoms with van der Waals surface area (Å²) in [5.74, 6) is 1.93. The number of benzene rings is 2. The molecule has 0 saturated heterocycles. The highest BCUT2D eigenvalue weighted by Gasteiger charge is 2.06. The first-order valence-electron chi connectivity index (χ1n) is 7.89. The van der Waals surface area contributed by atoms with Crippen LogP contribution in [0.4, 0.5) is 0 Å². The smallest absolute Gasteiger partial charge is 0.220 e. The Balaban J connectivity index is 1.62. The molecule has 0 heterocycles. The number of hydrogen-bond acceptors (Lipinski definition) is 2. The van der Waals surface area contributed by atoms with Crippen LogP contribution in [0.2, 0.25) is 10.0 Å². The van der Waals surface area contributed by atoms with Gasteiger partial charge in [-0.2, -0.15) is 11.8 Å². The zero-order valence-electron chi connectivity index (χ0n) is 13.6. The van der Waals surface area contributed by atoms with Crippen LogP contribution in [0.5, 0.6) is 0 Å². The Bertz CT molecular complexity index is 691. The van der Waals surface area contributed by atoms with Gasteiger partial charge in [0.1, 0.15) is 0 Å². The molecule has 0 spiro atoms. The van der Waals surface area contributed by atoms with Crippen molar-refractivity contribution in [2.75, 3.05) is 12.3 Å². The summed E-state index contributed by atoms with van der Waals surface area (Å²) in [6.45, 7) is 2.81. The van der Waals surface area contributed by atoms with Crippen molar-refractivity contribution in [3.63, 3.8) is 0 Å². The van der Waals surface area contributed by atoms with Crippen LogP contribution in [0.1, 0.15) is 23.1 Å². The van der Waals surface area contributed by atoms with E-state index in [2.05, 4.69) is 36.5 Å². The van der Waals surface area contributed by atoms with Gasteiger partial charge in [0, 0.05) is 34.5 Å². The third-order valence-corrected chi connectivity index (χ3v) is 5.32. The maximum absolute atomic E-state index is 11.9. The Kier molecular flexibility index (Phi) is 7.97. The van der Waals surface area contributed by atoms with Crippen molar-refractivity contribution in [1.82, 2.24) is 5.32 Å². The number of thioether (sulfide) groups is 1. The van der Waals surface area contributed by atoms with Gasteiger partial charge in [0.25, 0.3) is 0 Å². The van der Waals surface area contributed by atoms with E-state index in [0.717, 1.165) is 17.1 Å². The first kappa shape index (κ1) is 19.2. The Morgan fingerprint density at radius 2 is 1.92 bits per heavy atom. The van der Waals surface area contributed by atoms with Gasteiger partial charge in [0.15, 0.2) is 0 Å². The molecule has 0 aliphatic rings. The highest BCUT2D eigenvalue weighted by atomic mass is 35.5. The van der Waals surface area contributed by atoms with E-state index in [0.29, 0.717) is 29.4 Å². The molecule has 1 amide bonds. The van der Waals surface area contributed by atoms with Gasteiger partial charge in [-0.25, -0.2) is 0 Å². The molecule has 2 aromatic carbocycles. The van der Waals surface area contributed by atoms with E-state index in [1.165, 1.54) is 11.1 Å². The lowest BCUT2D eigenvalue weighted by Gasteiger charge is -2.08. The summed E-state index contributed by atoms with van der Waals surface area (Å²) < 4.78 is 0. The molecule has 0 radical (unpaired) electrons. The highest BCUT2D eigenvalue weighted by Crippen LogP contribution is 2.22. The summed E-state index contributed by atoms with van der Waals surface area (Å²) in [6.07, 6.45) is 1.06. The number of rotatable bonds is 8. The lowest BCUT2D eigenvalue weighted by molar-refractivity contribution is -0.120. The maximum Gasteiger partial charge on any atom is 0.220 e. The van der Waals surface area contributed by atoms with Gasteiger partial charge in [0.05, 0.1) is 0 Å². The molecule has 0 aromatic heterocycles. The quantitative estimate of drug-likeness (QED) is 0.629. The molecule has 5 heteroatoms. The summed E-state index contributed by atoms with van der Waals surface area (Å²) in [4.78, 5) is 11.9. The van der Waals surface area contributed by atoms with Gasteiger partial charge in [-0.1, -0.05) is 53.5 Å². The SMILES string of the molecule is Cc1ccccc1CSCCNC(=O)CCc1ccc(Cl)cc1Cl. The molecule has 0 bridgehead atoms. The van der Waals surface area contributed by atoms with E-state index in [9.17, 15) is 4.79 Å². The fraction of sp³-hybridized carbons (Fsp3) is 0.316. The fourth-order valence-corrected chi connectivity index (χ4v) is 3.72. The van der Waals surface area contributed by atoms with Gasteiger partial charge in [-0.3, -0.25) is 4.79 Å². The van der Waals surface area contributed by atoms with Crippen molar-refractivity contribution in [3.05, 3.63) is 69.2 Å². The molecular weight excluding hydrogens is 361 g/mol. The number of amides is 1. The molecule has 0 atom stereocenters. The molecule has 128 valence electrons. The van der Waals surface area contributed by atoms with Crippen LogP contribution < -0.4 is 5.32 Å². The van der Waals surface area contributed by atoms with Crippen molar-refractivity contribution in [2.45, 2.75) is 25.5 Å². The normalized spacial score (nSPS) is 10.6. The van der Waals surface area contributed by atoms with Crippen LogP contribution >= 0.6 is 35.0 Å². The predicted octanol–water partition coefficient (Wildman–Crippen LogP) is 5.28. The van der Waals surface area contributed by atoms with Crippen LogP contribution in [0.3, 0.4) is 0 Å². The van der Waals surface area contributed by atoms with E-state index < -0.39 is 0 Å². The van der Waals surface area contributed by atoms with Gasteiger partial charge >= 0.3 is 0 Å². The van der Waals surface area contributed by atoms with Gasteiger partial charge in [-0.15, -0.1) is 0 Å². The van der Waals surface area contributed by atoms with Crippen LogP contribution in [0.15, 0.2) is 42.5 Å². The predicted molar refractivity (Wildman–Crippen MR) is 105 cm³/mol. The standard InChI is InChI=1S/C19H21Cl2NOS/c1-14-4-2-3-5-16(14)13-24-11-10-22-19(23)9-7-15-6-8-17(20)12-18(15)21/h2-6,8,12H,7,9-11,13H2,1H3,(H,22,23). The van der Waals surface area contributed by atoms with E-state index in [-0.39, 0.29) is 5.91 Å². The van der Waals surface area contributed by atoms with E-state index in [4.69, 9.17) is 23.2 Å². The number of aryl methyl sites for hydroxylation is 2. The topological polar surface area (TPSA) is 29.1 Å². The Hall–Kier alpha value is -1.16. The first-order valence-corrected chi connectivity index (χ1v) is 9.80. The summed E-state index contributed by atoms with van der Waals surface area (Å²) in [7, 11) is 0. The molecule has 0 fully saturated rings. The van der Waals surface area contributed by atoms with Gasteiger partial charge < -0.3 is 5.32 Å². The minimum Gasteiger partial charge on any atom is -0.355 e. The average Bonchev–Trinajstić information content (AvgIpc) is 2.55. The van der Waals surface area contributed by atoms with Gasteiger partial charge in [0.2, 0.25) is 5.91 Å². The number of carbonyl (C=O) groups excluding carboxylic acids is 1. The summed E-state index contributed by atoms with van der Waals surface area (Å²) in [5.41, 5.74) is 3.62. The number of halogens is 2. The minimum absolute atomic E-state index is 0.0532. The Morgan fingerprint density at radius 3 is 2.67 bits per heavy atom. The third-order valence-electron chi connectivity index (χ3n) is 3.72. The molecule has 0 aliphatic carbocycles. The first-order chi connectivity index (χ1) is 11.6. The summed E-state index contributed by atoms with van der Waals surface area (Å²) >= 11 is 13.8. The minimum atomic E-state index is 0.0532. The third kappa shape index (κ3) is 6.39. The van der Waals surface area contributed by atoms with Crippen molar-refractivity contribution >= 4 is 40.9 Å². The zero-order valence-corrected chi connectivity index (χ0v) is 16.0. The molecule has 1 N–H and O–H groups in total. The van der Waals surface area contributed by atoms with Gasteiger partial charge in [-0.05, 0) is 42.2 Å². The monoisotopic (exact) mass is 381 g/mol. The van der Waals surface area contributed by atoms with E-state index in [1.54, 1.807) is 12.1 Å². The van der Waals surface area contributed by atoms with Crippen molar-refractivity contribution in [3.8, 4) is 0 Å². The molecule has 2 nitrogen and oxygen atoms in total. The molecule has 0 saturated carbocycles. The summed E-state index contributed by atoms with van der Waals surface area (Å²) in [5, 5.41) is 4.18. The molecule has 24 heavy (non-hydrogen) atoms. The van der Waals surface area contributed by atoms with Crippen LogP contribution in [0.25, 0.3) is 0 Å². The van der Waals surface area contributed by atoms with Crippen molar-refractivity contribution in [2.24, 2.45) is 0 Å². The molecular formula is C19H21Cl2NOS. The number of nitrogens with one attached hydrogen (secondary N) is 1. The van der Waals surface area contributed by atoms with Crippen LogP contribution in [-0.4, -0.2) is 18.2 Å². The number of carbonyl (C=O) groups is 1. The highest BCUT2D eigenvalue weighted by molar-refractivity contribution is 7.98. The molecule has 0 unspecified atom stereocenters. The molecule has 0 aliphatic heterocycles. The van der Waals surface area contributed by atoms with E-state index in [1.807, 2.05) is 17.8 Å². The summed E-state index contributed by atoms with van der Waals surface area (Å²) in [6, 6.07) is 13.8. The largest absolute Gasteiger partial charge is 0.355 e. The van der Waals surface area contributed by atoms with E-state index >= 15 is 0 Å². The fourth-order valence-electron chi connectivity index (χ4n) is 2.28. The Labute approximate surface area is 157 Å². The van der Waals surface area contributed by atoms with Crippen LogP contribution in [-0.2, 0) is 17.0 Å². The lowest BCUT2D eigenvalue weighted by atomic mass is 10.1. The second kappa shape index (κ2) is 9.97. The van der Waals surface area contributed by atoms with Crippen molar-refractivity contribution < 1.29 is 4.79 Å². The lowest BCUT2D eigenvalue weighted by Crippen LogP contribution is -2.26.